The fourth-order valence-corrected chi connectivity index (χ4v) is 2.23. The molecule has 1 heterocycles. The quantitative estimate of drug-likeness (QED) is 0.889. The molecule has 1 aliphatic heterocycles. The minimum atomic E-state index is -0.957. The molecule has 2 N–H and O–H groups in total. The molecule has 0 aliphatic carbocycles. The van der Waals surface area contributed by atoms with E-state index in [1.807, 2.05) is 13.8 Å². The van der Waals surface area contributed by atoms with Gasteiger partial charge in [0.15, 0.2) is 0 Å². The second-order valence-corrected chi connectivity index (χ2v) is 5.31. The van der Waals surface area contributed by atoms with E-state index in [2.05, 4.69) is 5.32 Å². The van der Waals surface area contributed by atoms with Gasteiger partial charge in [0.1, 0.15) is 0 Å². The van der Waals surface area contributed by atoms with Crippen molar-refractivity contribution in [3.63, 3.8) is 0 Å². The summed E-state index contributed by atoms with van der Waals surface area (Å²) in [5.74, 6) is -0.957. The third-order valence-corrected chi connectivity index (χ3v) is 3.51. The van der Waals surface area contributed by atoms with Crippen molar-refractivity contribution >= 4 is 12.0 Å². The van der Waals surface area contributed by atoms with Crippen LogP contribution in [0.5, 0.6) is 0 Å². The number of ether oxygens (including phenoxy) is 1. The summed E-state index contributed by atoms with van der Waals surface area (Å²) < 4.78 is 5.49. The largest absolute Gasteiger partial charge is 0.478 e. The summed E-state index contributed by atoms with van der Waals surface area (Å²) in [6, 6.07) is 6.40. The molecule has 6 heteroatoms. The van der Waals surface area contributed by atoms with E-state index in [-0.39, 0.29) is 23.7 Å². The highest BCUT2D eigenvalue weighted by Gasteiger charge is 2.27. The van der Waals surface area contributed by atoms with Crippen LogP contribution in [-0.2, 0) is 11.3 Å². The summed E-state index contributed by atoms with van der Waals surface area (Å²) in [6.45, 7) is 5.38. The number of carbonyl (C=O) groups excluding carboxylic acids is 1. The number of carboxylic acids is 1. The van der Waals surface area contributed by atoms with Crippen LogP contribution in [0.3, 0.4) is 0 Å². The number of rotatable bonds is 3. The number of amides is 2. The number of hydrogen-bond donors (Lipinski definition) is 2. The van der Waals surface area contributed by atoms with Crippen molar-refractivity contribution in [1.82, 2.24) is 10.2 Å². The number of nitrogens with one attached hydrogen (secondary N) is 1. The lowest BCUT2D eigenvalue weighted by Gasteiger charge is -2.36. The number of aromatic carboxylic acids is 1. The van der Waals surface area contributed by atoms with Crippen molar-refractivity contribution in [3.8, 4) is 0 Å². The minimum absolute atomic E-state index is 0.0433. The Morgan fingerprint density at radius 3 is 2.62 bits per heavy atom. The van der Waals surface area contributed by atoms with E-state index in [1.54, 1.807) is 17.0 Å². The molecule has 2 rings (SSSR count). The predicted molar refractivity (Wildman–Crippen MR) is 77.2 cm³/mol. The molecule has 1 fully saturated rings. The molecule has 0 spiro atoms. The normalized spacial score (nSPS) is 21.9. The highest BCUT2D eigenvalue weighted by Crippen LogP contribution is 2.11. The van der Waals surface area contributed by atoms with Gasteiger partial charge in [0.25, 0.3) is 0 Å². The second kappa shape index (κ2) is 6.58. The Balaban J connectivity index is 1.89. The predicted octanol–water partition coefficient (Wildman–Crippen LogP) is 1.70. The number of carbonyl (C=O) groups is 2. The Bertz CT molecular complexity index is 515. The van der Waals surface area contributed by atoms with E-state index in [4.69, 9.17) is 9.84 Å². The first-order valence-electron chi connectivity index (χ1n) is 6.95. The zero-order valence-electron chi connectivity index (χ0n) is 12.2. The maximum absolute atomic E-state index is 12.2. The van der Waals surface area contributed by atoms with Gasteiger partial charge in [0.05, 0.1) is 24.3 Å². The van der Waals surface area contributed by atoms with Gasteiger partial charge in [-0.05, 0) is 31.5 Å². The Labute approximate surface area is 123 Å². The lowest BCUT2D eigenvalue weighted by atomic mass is 10.1. The molecule has 0 radical (unpaired) electrons. The van der Waals surface area contributed by atoms with E-state index >= 15 is 0 Å². The van der Waals surface area contributed by atoms with Gasteiger partial charge in [-0.3, -0.25) is 0 Å². The molecule has 0 bridgehead atoms. The molecule has 6 nitrogen and oxygen atoms in total. The van der Waals surface area contributed by atoms with Gasteiger partial charge in [-0.15, -0.1) is 0 Å². The monoisotopic (exact) mass is 292 g/mol. The lowest BCUT2D eigenvalue weighted by Crippen LogP contribution is -2.53. The van der Waals surface area contributed by atoms with Crippen molar-refractivity contribution in [2.45, 2.75) is 32.5 Å². The van der Waals surface area contributed by atoms with Gasteiger partial charge in [-0.2, -0.15) is 0 Å². The van der Waals surface area contributed by atoms with Gasteiger partial charge in [-0.1, -0.05) is 12.1 Å². The molecule has 0 aromatic heterocycles. The SMILES string of the molecule is CC1CN(C(=O)NCc2ccc(C(=O)O)cc2)C(C)CO1. The standard InChI is InChI=1S/C15H20N2O4/c1-10-9-21-11(2)8-17(10)15(20)16-7-12-3-5-13(6-4-12)14(18)19/h3-6,10-11H,7-9H2,1-2H3,(H,16,20)(H,18,19). The van der Waals surface area contributed by atoms with Crippen LogP contribution in [-0.4, -0.2) is 47.3 Å². The third kappa shape index (κ3) is 3.95. The fraction of sp³-hybridized carbons (Fsp3) is 0.467. The highest BCUT2D eigenvalue weighted by molar-refractivity contribution is 5.87. The first-order chi connectivity index (χ1) is 9.97. The van der Waals surface area contributed by atoms with Crippen molar-refractivity contribution in [1.29, 1.82) is 0 Å². The van der Waals surface area contributed by atoms with Crippen molar-refractivity contribution in [2.24, 2.45) is 0 Å². The zero-order valence-corrected chi connectivity index (χ0v) is 12.2. The van der Waals surface area contributed by atoms with E-state index in [9.17, 15) is 9.59 Å². The lowest BCUT2D eigenvalue weighted by molar-refractivity contribution is -0.0318. The Morgan fingerprint density at radius 1 is 1.33 bits per heavy atom. The number of nitrogens with zero attached hydrogens (tertiary/aromatic N) is 1. The average molecular weight is 292 g/mol. The Kier molecular flexibility index (Phi) is 4.80. The van der Waals surface area contributed by atoms with Crippen molar-refractivity contribution < 1.29 is 19.4 Å². The van der Waals surface area contributed by atoms with E-state index in [0.29, 0.717) is 19.7 Å². The summed E-state index contributed by atoms with van der Waals surface area (Å²) in [7, 11) is 0. The second-order valence-electron chi connectivity index (χ2n) is 5.31. The van der Waals surface area contributed by atoms with E-state index in [1.165, 1.54) is 12.1 Å². The van der Waals surface area contributed by atoms with Crippen LogP contribution in [0.15, 0.2) is 24.3 Å². The summed E-state index contributed by atoms with van der Waals surface area (Å²) in [5.41, 5.74) is 1.10. The average Bonchev–Trinajstić information content (AvgIpc) is 2.47. The maximum atomic E-state index is 12.2. The molecule has 114 valence electrons. The van der Waals surface area contributed by atoms with Crippen LogP contribution in [0, 0.1) is 0 Å². The van der Waals surface area contributed by atoms with Crippen LogP contribution < -0.4 is 5.32 Å². The number of urea groups is 1. The van der Waals surface area contributed by atoms with Crippen LogP contribution in [0.1, 0.15) is 29.8 Å². The summed E-state index contributed by atoms with van der Waals surface area (Å²) in [6.07, 6.45) is 0.0433. The fourth-order valence-electron chi connectivity index (χ4n) is 2.23. The van der Waals surface area contributed by atoms with Gasteiger partial charge in [0, 0.05) is 13.1 Å². The van der Waals surface area contributed by atoms with Crippen LogP contribution in [0.25, 0.3) is 0 Å². The summed E-state index contributed by atoms with van der Waals surface area (Å²) in [5, 5.41) is 11.7. The molecular formula is C15H20N2O4. The smallest absolute Gasteiger partial charge is 0.335 e. The van der Waals surface area contributed by atoms with E-state index < -0.39 is 5.97 Å². The highest BCUT2D eigenvalue weighted by atomic mass is 16.5. The maximum Gasteiger partial charge on any atom is 0.335 e. The van der Waals surface area contributed by atoms with Gasteiger partial charge >= 0.3 is 12.0 Å². The van der Waals surface area contributed by atoms with E-state index in [0.717, 1.165) is 5.56 Å². The minimum Gasteiger partial charge on any atom is -0.478 e. The Hall–Kier alpha value is -2.08. The zero-order chi connectivity index (χ0) is 15.4. The molecule has 1 aliphatic rings. The molecule has 2 amide bonds. The van der Waals surface area contributed by atoms with Gasteiger partial charge in [-0.25, -0.2) is 9.59 Å². The van der Waals surface area contributed by atoms with Crippen LogP contribution in [0.2, 0.25) is 0 Å². The third-order valence-electron chi connectivity index (χ3n) is 3.51. The summed E-state index contributed by atoms with van der Waals surface area (Å²) in [4.78, 5) is 24.7. The first kappa shape index (κ1) is 15.3. The van der Waals surface area contributed by atoms with Gasteiger partial charge in [0.2, 0.25) is 0 Å². The number of hydrogen-bond acceptors (Lipinski definition) is 3. The van der Waals surface area contributed by atoms with Crippen molar-refractivity contribution in [3.05, 3.63) is 35.4 Å². The number of carboxylic acid groups (broad SMARTS) is 1. The van der Waals surface area contributed by atoms with Crippen LogP contribution in [0.4, 0.5) is 4.79 Å². The topological polar surface area (TPSA) is 78.9 Å². The first-order valence-corrected chi connectivity index (χ1v) is 6.95. The molecule has 1 aromatic rings. The Morgan fingerprint density at radius 2 is 2.00 bits per heavy atom. The molecule has 0 saturated carbocycles. The number of morpholine rings is 1. The molecule has 1 saturated heterocycles. The summed E-state index contributed by atoms with van der Waals surface area (Å²) >= 11 is 0. The molecular weight excluding hydrogens is 272 g/mol. The molecule has 2 unspecified atom stereocenters. The molecule has 1 aromatic carbocycles. The molecule has 2 atom stereocenters. The molecule has 21 heavy (non-hydrogen) atoms. The number of benzene rings is 1. The van der Waals surface area contributed by atoms with Crippen molar-refractivity contribution in [2.75, 3.05) is 13.2 Å². The van der Waals surface area contributed by atoms with Gasteiger partial charge < -0.3 is 20.1 Å². The van der Waals surface area contributed by atoms with Crippen LogP contribution >= 0.6 is 0 Å².